The highest BCUT2D eigenvalue weighted by Crippen LogP contribution is 2.20. The van der Waals surface area contributed by atoms with Crippen LogP contribution >= 0.6 is 0 Å². The molecule has 4 rings (SSSR count). The van der Waals surface area contributed by atoms with Gasteiger partial charge in [-0.3, -0.25) is 5.10 Å². The number of hydrogen-bond acceptors (Lipinski definition) is 5. The van der Waals surface area contributed by atoms with Crippen LogP contribution in [0.5, 0.6) is 0 Å². The molecule has 1 aliphatic rings. The number of aromatic amines is 1. The van der Waals surface area contributed by atoms with Crippen LogP contribution in [0.15, 0.2) is 42.6 Å². The first kappa shape index (κ1) is 19.9. The number of amides is 2. The van der Waals surface area contributed by atoms with Crippen molar-refractivity contribution >= 4 is 17.5 Å². The topological polar surface area (TPSA) is 98.8 Å². The molecule has 3 aromatic rings. The van der Waals surface area contributed by atoms with Crippen molar-refractivity contribution in [2.75, 3.05) is 23.3 Å². The van der Waals surface area contributed by atoms with Gasteiger partial charge in [0.15, 0.2) is 5.82 Å². The number of rotatable bonds is 5. The van der Waals surface area contributed by atoms with E-state index in [0.29, 0.717) is 18.1 Å². The lowest BCUT2D eigenvalue weighted by Gasteiger charge is -2.21. The van der Waals surface area contributed by atoms with Crippen LogP contribution in [0.1, 0.15) is 37.1 Å². The van der Waals surface area contributed by atoms with E-state index < -0.39 is 0 Å². The minimum atomic E-state index is -0.269. The number of anilines is 2. The molecule has 0 spiro atoms. The number of aryl methyl sites for hydroxylation is 1. The van der Waals surface area contributed by atoms with Crippen LogP contribution in [0, 0.1) is 6.92 Å². The lowest BCUT2D eigenvalue weighted by Crippen LogP contribution is -2.28. The molecule has 1 fully saturated rings. The van der Waals surface area contributed by atoms with E-state index in [1.807, 2.05) is 49.5 Å². The smallest absolute Gasteiger partial charge is 0.319 e. The molecule has 3 N–H and O–H groups in total. The monoisotopic (exact) mass is 405 g/mol. The molecule has 30 heavy (non-hydrogen) atoms. The molecule has 8 heteroatoms. The maximum Gasteiger partial charge on any atom is 0.319 e. The Labute approximate surface area is 176 Å². The number of carbonyl (C=O) groups is 1. The molecule has 2 amide bonds. The Morgan fingerprint density at radius 2 is 1.97 bits per heavy atom. The van der Waals surface area contributed by atoms with Crippen molar-refractivity contribution in [2.45, 2.75) is 39.2 Å². The SMILES string of the molecule is Cc1nc(-c2cccc(NC(=O)NCc3ccc(N4CCCCCC4)nc3)c2)n[nH]1. The van der Waals surface area contributed by atoms with Gasteiger partial charge in [0.05, 0.1) is 0 Å². The van der Waals surface area contributed by atoms with Gasteiger partial charge < -0.3 is 15.5 Å². The summed E-state index contributed by atoms with van der Waals surface area (Å²) in [6, 6.07) is 11.3. The molecular formula is C22H27N7O. The molecule has 156 valence electrons. The zero-order chi connectivity index (χ0) is 20.8. The van der Waals surface area contributed by atoms with E-state index in [1.165, 1.54) is 25.7 Å². The summed E-state index contributed by atoms with van der Waals surface area (Å²) in [4.78, 5) is 23.6. The third-order valence-corrected chi connectivity index (χ3v) is 5.17. The van der Waals surface area contributed by atoms with E-state index in [2.05, 4.69) is 35.7 Å². The number of aromatic nitrogens is 4. The molecule has 2 aromatic heterocycles. The Morgan fingerprint density at radius 3 is 2.67 bits per heavy atom. The second-order valence-corrected chi connectivity index (χ2v) is 7.56. The van der Waals surface area contributed by atoms with Gasteiger partial charge in [0.2, 0.25) is 0 Å². The first-order chi connectivity index (χ1) is 14.7. The van der Waals surface area contributed by atoms with Crippen LogP contribution in [-0.2, 0) is 6.54 Å². The van der Waals surface area contributed by atoms with Gasteiger partial charge in [-0.05, 0) is 43.5 Å². The summed E-state index contributed by atoms with van der Waals surface area (Å²) < 4.78 is 0. The lowest BCUT2D eigenvalue weighted by molar-refractivity contribution is 0.251. The predicted molar refractivity (Wildman–Crippen MR) is 117 cm³/mol. The summed E-state index contributed by atoms with van der Waals surface area (Å²) in [6.45, 7) is 4.40. The van der Waals surface area contributed by atoms with Gasteiger partial charge >= 0.3 is 6.03 Å². The Balaban J connectivity index is 1.30. The van der Waals surface area contributed by atoms with Crippen molar-refractivity contribution in [3.8, 4) is 11.4 Å². The van der Waals surface area contributed by atoms with Crippen LogP contribution in [0.3, 0.4) is 0 Å². The summed E-state index contributed by atoms with van der Waals surface area (Å²) >= 11 is 0. The Hall–Kier alpha value is -3.42. The van der Waals surface area contributed by atoms with E-state index in [1.54, 1.807) is 0 Å². The molecule has 0 radical (unpaired) electrons. The fourth-order valence-electron chi connectivity index (χ4n) is 3.57. The number of H-pyrrole nitrogens is 1. The van der Waals surface area contributed by atoms with E-state index in [-0.39, 0.29) is 6.03 Å². The number of carbonyl (C=O) groups excluding carboxylic acids is 1. The molecule has 0 atom stereocenters. The summed E-state index contributed by atoms with van der Waals surface area (Å²) in [5, 5.41) is 12.7. The van der Waals surface area contributed by atoms with Crippen molar-refractivity contribution in [1.29, 1.82) is 0 Å². The standard InChI is InChI=1S/C22H27N7O/c1-16-25-21(28-27-16)18-7-6-8-19(13-18)26-22(30)24-15-17-9-10-20(23-14-17)29-11-4-2-3-5-12-29/h6-10,13-14H,2-5,11-12,15H2,1H3,(H2,24,26,30)(H,25,27,28). The molecule has 0 bridgehead atoms. The molecule has 1 aliphatic heterocycles. The van der Waals surface area contributed by atoms with Gasteiger partial charge in [0.25, 0.3) is 0 Å². The van der Waals surface area contributed by atoms with Gasteiger partial charge in [-0.2, -0.15) is 5.10 Å². The first-order valence-electron chi connectivity index (χ1n) is 10.4. The Morgan fingerprint density at radius 1 is 1.13 bits per heavy atom. The normalized spacial score (nSPS) is 14.2. The average Bonchev–Trinajstić information content (AvgIpc) is 3.02. The quantitative estimate of drug-likeness (QED) is 0.598. The first-order valence-corrected chi connectivity index (χ1v) is 10.4. The molecule has 8 nitrogen and oxygen atoms in total. The van der Waals surface area contributed by atoms with E-state index >= 15 is 0 Å². The molecule has 3 heterocycles. The van der Waals surface area contributed by atoms with Crippen molar-refractivity contribution in [3.05, 3.63) is 54.0 Å². The minimum absolute atomic E-state index is 0.269. The molecule has 0 unspecified atom stereocenters. The second kappa shape index (κ2) is 9.39. The minimum Gasteiger partial charge on any atom is -0.357 e. The van der Waals surface area contributed by atoms with Crippen molar-refractivity contribution < 1.29 is 4.79 Å². The third-order valence-electron chi connectivity index (χ3n) is 5.17. The number of hydrogen-bond donors (Lipinski definition) is 3. The fraction of sp³-hybridized carbons (Fsp3) is 0.364. The van der Waals surface area contributed by atoms with Crippen LogP contribution in [0.4, 0.5) is 16.3 Å². The van der Waals surface area contributed by atoms with Gasteiger partial charge in [-0.1, -0.05) is 31.0 Å². The predicted octanol–water partition coefficient (Wildman–Crippen LogP) is 3.88. The number of pyridine rings is 1. The maximum absolute atomic E-state index is 12.3. The molecular weight excluding hydrogens is 378 g/mol. The fourth-order valence-corrected chi connectivity index (χ4v) is 3.57. The number of nitrogens with one attached hydrogen (secondary N) is 3. The number of urea groups is 1. The lowest BCUT2D eigenvalue weighted by atomic mass is 10.2. The molecule has 1 aromatic carbocycles. The van der Waals surface area contributed by atoms with Crippen LogP contribution in [-0.4, -0.2) is 39.3 Å². The average molecular weight is 406 g/mol. The van der Waals surface area contributed by atoms with Gasteiger partial charge in [-0.25, -0.2) is 14.8 Å². The molecule has 1 saturated heterocycles. The maximum atomic E-state index is 12.3. The van der Waals surface area contributed by atoms with Crippen LogP contribution in [0.2, 0.25) is 0 Å². The van der Waals surface area contributed by atoms with Crippen molar-refractivity contribution in [1.82, 2.24) is 25.5 Å². The van der Waals surface area contributed by atoms with E-state index in [4.69, 9.17) is 0 Å². The Bertz CT molecular complexity index is 975. The van der Waals surface area contributed by atoms with E-state index in [9.17, 15) is 4.79 Å². The zero-order valence-electron chi connectivity index (χ0n) is 17.2. The van der Waals surface area contributed by atoms with Gasteiger partial charge in [0, 0.05) is 37.1 Å². The van der Waals surface area contributed by atoms with Gasteiger partial charge in [0.1, 0.15) is 11.6 Å². The Kier molecular flexibility index (Phi) is 6.22. The summed E-state index contributed by atoms with van der Waals surface area (Å²) in [7, 11) is 0. The summed E-state index contributed by atoms with van der Waals surface area (Å²) in [5.74, 6) is 2.37. The zero-order valence-corrected chi connectivity index (χ0v) is 17.2. The van der Waals surface area contributed by atoms with Crippen LogP contribution in [0.25, 0.3) is 11.4 Å². The largest absolute Gasteiger partial charge is 0.357 e. The third kappa shape index (κ3) is 5.14. The van der Waals surface area contributed by atoms with Crippen molar-refractivity contribution in [2.24, 2.45) is 0 Å². The number of nitrogens with zero attached hydrogens (tertiary/aromatic N) is 4. The molecule has 0 aliphatic carbocycles. The van der Waals surface area contributed by atoms with Crippen molar-refractivity contribution in [3.63, 3.8) is 0 Å². The summed E-state index contributed by atoms with van der Waals surface area (Å²) in [5.41, 5.74) is 2.49. The molecule has 0 saturated carbocycles. The highest BCUT2D eigenvalue weighted by atomic mass is 16.2. The van der Waals surface area contributed by atoms with Gasteiger partial charge in [-0.15, -0.1) is 0 Å². The second-order valence-electron chi connectivity index (χ2n) is 7.56. The van der Waals surface area contributed by atoms with Crippen LogP contribution < -0.4 is 15.5 Å². The van der Waals surface area contributed by atoms with E-state index in [0.717, 1.165) is 35.9 Å². The number of benzene rings is 1. The highest BCUT2D eigenvalue weighted by Gasteiger charge is 2.11. The highest BCUT2D eigenvalue weighted by molar-refractivity contribution is 5.89. The summed E-state index contributed by atoms with van der Waals surface area (Å²) in [6.07, 6.45) is 6.89.